The SMILES string of the molecule is CC1CN(C)CCC1NCc1csc(C(=O)O)n1. The molecule has 1 aliphatic rings. The maximum Gasteiger partial charge on any atom is 0.365 e. The molecule has 0 spiro atoms. The van der Waals surface area contributed by atoms with Crippen LogP contribution in [0.2, 0.25) is 0 Å². The van der Waals surface area contributed by atoms with Crippen molar-refractivity contribution in [2.45, 2.75) is 25.9 Å². The van der Waals surface area contributed by atoms with Crippen molar-refractivity contribution in [3.05, 3.63) is 16.1 Å². The molecule has 0 aliphatic carbocycles. The van der Waals surface area contributed by atoms with E-state index >= 15 is 0 Å². The fraction of sp³-hybridized carbons (Fsp3) is 0.667. The zero-order chi connectivity index (χ0) is 13.1. The molecule has 2 unspecified atom stereocenters. The summed E-state index contributed by atoms with van der Waals surface area (Å²) in [4.78, 5) is 17.2. The van der Waals surface area contributed by atoms with Gasteiger partial charge in [0.1, 0.15) is 0 Å². The molecule has 1 aromatic rings. The summed E-state index contributed by atoms with van der Waals surface area (Å²) in [7, 11) is 2.15. The van der Waals surface area contributed by atoms with Crippen LogP contribution in [-0.4, -0.2) is 47.1 Å². The highest BCUT2D eigenvalue weighted by Gasteiger charge is 2.23. The van der Waals surface area contributed by atoms with Gasteiger partial charge in [0.05, 0.1) is 5.69 Å². The van der Waals surface area contributed by atoms with Gasteiger partial charge >= 0.3 is 5.97 Å². The van der Waals surface area contributed by atoms with Crippen molar-refractivity contribution in [3.8, 4) is 0 Å². The van der Waals surface area contributed by atoms with Crippen LogP contribution in [0.15, 0.2) is 5.38 Å². The summed E-state index contributed by atoms with van der Waals surface area (Å²) in [5.74, 6) is -0.333. The third-order valence-electron chi connectivity index (χ3n) is 3.39. The van der Waals surface area contributed by atoms with Gasteiger partial charge in [0, 0.05) is 24.5 Å². The lowest BCUT2D eigenvalue weighted by Gasteiger charge is -2.35. The molecule has 0 radical (unpaired) electrons. The minimum atomic E-state index is -0.945. The van der Waals surface area contributed by atoms with Crippen molar-refractivity contribution in [3.63, 3.8) is 0 Å². The average Bonchev–Trinajstić information content (AvgIpc) is 2.76. The van der Waals surface area contributed by atoms with Crippen LogP contribution in [0.5, 0.6) is 0 Å². The summed E-state index contributed by atoms with van der Waals surface area (Å²) in [5.41, 5.74) is 0.823. The molecular formula is C12H19N3O2S. The van der Waals surface area contributed by atoms with Crippen LogP contribution in [0.4, 0.5) is 0 Å². The molecule has 1 aliphatic heterocycles. The molecule has 0 saturated carbocycles. The molecule has 1 saturated heterocycles. The second-order valence-corrected chi connectivity index (χ2v) is 5.82. The highest BCUT2D eigenvalue weighted by molar-refractivity contribution is 7.11. The molecule has 2 N–H and O–H groups in total. The van der Waals surface area contributed by atoms with Gasteiger partial charge in [0.15, 0.2) is 0 Å². The number of aromatic carboxylic acids is 1. The first-order valence-electron chi connectivity index (χ1n) is 6.16. The summed E-state index contributed by atoms with van der Waals surface area (Å²) >= 11 is 1.19. The van der Waals surface area contributed by atoms with Crippen molar-refractivity contribution >= 4 is 17.3 Å². The highest BCUT2D eigenvalue weighted by Crippen LogP contribution is 2.16. The number of carboxylic acid groups (broad SMARTS) is 1. The number of rotatable bonds is 4. The first kappa shape index (κ1) is 13.5. The molecule has 2 atom stereocenters. The summed E-state index contributed by atoms with van der Waals surface area (Å²) in [6.45, 7) is 5.12. The van der Waals surface area contributed by atoms with Crippen LogP contribution in [0, 0.1) is 5.92 Å². The van der Waals surface area contributed by atoms with Crippen molar-refractivity contribution in [2.24, 2.45) is 5.92 Å². The second kappa shape index (κ2) is 5.77. The van der Waals surface area contributed by atoms with Gasteiger partial charge in [-0.15, -0.1) is 11.3 Å². The Labute approximate surface area is 111 Å². The molecular weight excluding hydrogens is 250 g/mol. The zero-order valence-electron chi connectivity index (χ0n) is 10.7. The largest absolute Gasteiger partial charge is 0.476 e. The summed E-state index contributed by atoms with van der Waals surface area (Å²) in [6, 6.07) is 0.496. The van der Waals surface area contributed by atoms with E-state index in [1.54, 1.807) is 0 Å². The average molecular weight is 269 g/mol. The van der Waals surface area contributed by atoms with Gasteiger partial charge in [-0.05, 0) is 25.9 Å². The third-order valence-corrected chi connectivity index (χ3v) is 4.27. The number of likely N-dealkylation sites (tertiary alicyclic amines) is 1. The molecule has 6 heteroatoms. The number of thiazole rings is 1. The van der Waals surface area contributed by atoms with Crippen LogP contribution in [-0.2, 0) is 6.54 Å². The lowest BCUT2D eigenvalue weighted by Crippen LogP contribution is -2.46. The van der Waals surface area contributed by atoms with Crippen molar-refractivity contribution in [1.29, 1.82) is 0 Å². The first-order valence-corrected chi connectivity index (χ1v) is 7.04. The van der Waals surface area contributed by atoms with Gasteiger partial charge < -0.3 is 15.3 Å². The van der Waals surface area contributed by atoms with E-state index in [2.05, 4.69) is 29.2 Å². The van der Waals surface area contributed by atoms with Crippen LogP contribution in [0.3, 0.4) is 0 Å². The zero-order valence-corrected chi connectivity index (χ0v) is 11.5. The van der Waals surface area contributed by atoms with E-state index in [0.29, 0.717) is 18.5 Å². The van der Waals surface area contributed by atoms with E-state index in [1.165, 1.54) is 11.3 Å². The fourth-order valence-electron chi connectivity index (χ4n) is 2.38. The quantitative estimate of drug-likeness (QED) is 0.862. The Bertz CT molecular complexity index is 421. The van der Waals surface area contributed by atoms with Crippen LogP contribution in [0.1, 0.15) is 28.8 Å². The van der Waals surface area contributed by atoms with Crippen molar-refractivity contribution in [2.75, 3.05) is 20.1 Å². The van der Waals surface area contributed by atoms with Gasteiger partial charge in [-0.1, -0.05) is 6.92 Å². The molecule has 100 valence electrons. The third kappa shape index (κ3) is 3.28. The Hall–Kier alpha value is -0.980. The van der Waals surface area contributed by atoms with Crippen molar-refractivity contribution < 1.29 is 9.90 Å². The maximum absolute atomic E-state index is 10.7. The lowest BCUT2D eigenvalue weighted by atomic mass is 9.94. The van der Waals surface area contributed by atoms with Crippen molar-refractivity contribution in [1.82, 2.24) is 15.2 Å². The van der Waals surface area contributed by atoms with Crippen LogP contribution >= 0.6 is 11.3 Å². The van der Waals surface area contributed by atoms with Gasteiger partial charge in [-0.2, -0.15) is 0 Å². The number of nitrogens with zero attached hydrogens (tertiary/aromatic N) is 2. The predicted octanol–water partition coefficient (Wildman–Crippen LogP) is 1.27. The van der Waals surface area contributed by atoms with E-state index in [-0.39, 0.29) is 5.01 Å². The minimum Gasteiger partial charge on any atom is -0.476 e. The monoisotopic (exact) mass is 269 g/mol. The molecule has 0 bridgehead atoms. The number of hydrogen-bond acceptors (Lipinski definition) is 5. The maximum atomic E-state index is 10.7. The number of aromatic nitrogens is 1. The Morgan fingerprint density at radius 3 is 3.11 bits per heavy atom. The standard InChI is InChI=1S/C12H19N3O2S/c1-8-6-15(2)4-3-10(8)13-5-9-7-18-11(14-9)12(16)17/h7-8,10,13H,3-6H2,1-2H3,(H,16,17). The van der Waals surface area contributed by atoms with E-state index in [9.17, 15) is 4.79 Å². The molecule has 2 rings (SSSR count). The topological polar surface area (TPSA) is 65.5 Å². The number of nitrogens with one attached hydrogen (secondary N) is 1. The van der Waals surface area contributed by atoms with Gasteiger partial charge in [0.2, 0.25) is 5.01 Å². The van der Waals surface area contributed by atoms with Gasteiger partial charge in [0.25, 0.3) is 0 Å². The number of carbonyl (C=O) groups is 1. The van der Waals surface area contributed by atoms with Crippen LogP contribution in [0.25, 0.3) is 0 Å². The minimum absolute atomic E-state index is 0.170. The van der Waals surface area contributed by atoms with Crippen LogP contribution < -0.4 is 5.32 Å². The van der Waals surface area contributed by atoms with Gasteiger partial charge in [-0.3, -0.25) is 0 Å². The summed E-state index contributed by atoms with van der Waals surface area (Å²) in [6.07, 6.45) is 1.13. The molecule has 5 nitrogen and oxygen atoms in total. The van der Waals surface area contributed by atoms with E-state index < -0.39 is 5.97 Å². The van der Waals surface area contributed by atoms with Gasteiger partial charge in [-0.25, -0.2) is 9.78 Å². The normalized spacial score (nSPS) is 25.2. The molecule has 0 aromatic carbocycles. The summed E-state index contributed by atoms with van der Waals surface area (Å²) < 4.78 is 0. The smallest absolute Gasteiger partial charge is 0.365 e. The predicted molar refractivity (Wildman–Crippen MR) is 71.0 cm³/mol. The van der Waals surface area contributed by atoms with E-state index in [1.807, 2.05) is 5.38 Å². The Morgan fingerprint density at radius 1 is 1.72 bits per heavy atom. The Morgan fingerprint density at radius 2 is 2.50 bits per heavy atom. The Balaban J connectivity index is 1.85. The summed E-state index contributed by atoms with van der Waals surface area (Å²) in [5, 5.41) is 14.3. The number of hydrogen-bond donors (Lipinski definition) is 2. The fourth-order valence-corrected chi connectivity index (χ4v) is 3.03. The van der Waals surface area contributed by atoms with E-state index in [4.69, 9.17) is 5.11 Å². The van der Waals surface area contributed by atoms with E-state index in [0.717, 1.165) is 25.2 Å². The first-order chi connectivity index (χ1) is 8.56. The molecule has 0 amide bonds. The highest BCUT2D eigenvalue weighted by atomic mass is 32.1. The molecule has 1 fully saturated rings. The molecule has 2 heterocycles. The molecule has 1 aromatic heterocycles. The number of piperidine rings is 1. The number of carboxylic acids is 1. The lowest BCUT2D eigenvalue weighted by molar-refractivity contribution is 0.0696. The molecule has 18 heavy (non-hydrogen) atoms. The second-order valence-electron chi connectivity index (χ2n) is 4.96. The Kier molecular flexibility index (Phi) is 4.31.